The van der Waals surface area contributed by atoms with Crippen molar-refractivity contribution in [1.29, 1.82) is 0 Å². The average Bonchev–Trinajstić information content (AvgIpc) is 3.08. The first-order valence-electron chi connectivity index (χ1n) is 7.42. The molecule has 0 amide bonds. The van der Waals surface area contributed by atoms with Crippen LogP contribution in [0.2, 0.25) is 0 Å². The van der Waals surface area contributed by atoms with E-state index < -0.39 is 0 Å². The van der Waals surface area contributed by atoms with Crippen molar-refractivity contribution in [3.63, 3.8) is 0 Å². The third-order valence-electron chi connectivity index (χ3n) is 3.55. The van der Waals surface area contributed by atoms with Crippen LogP contribution >= 0.6 is 11.3 Å². The van der Waals surface area contributed by atoms with Crippen LogP contribution in [0.5, 0.6) is 0 Å². The van der Waals surface area contributed by atoms with Gasteiger partial charge in [0.05, 0.1) is 11.9 Å². The Hall–Kier alpha value is -2.40. The Labute approximate surface area is 139 Å². The van der Waals surface area contributed by atoms with Gasteiger partial charge in [-0.25, -0.2) is 4.98 Å². The Morgan fingerprint density at radius 2 is 1.87 bits per heavy atom. The zero-order valence-electron chi connectivity index (χ0n) is 13.7. The van der Waals surface area contributed by atoms with Crippen LogP contribution in [0.1, 0.15) is 28.2 Å². The van der Waals surface area contributed by atoms with E-state index in [-0.39, 0.29) is 0 Å². The number of hydrogen-bond donors (Lipinski definition) is 1. The molecule has 0 aliphatic heterocycles. The highest BCUT2D eigenvalue weighted by atomic mass is 32.1. The molecule has 118 valence electrons. The fourth-order valence-corrected chi connectivity index (χ4v) is 3.35. The first-order valence-corrected chi connectivity index (χ1v) is 8.30. The lowest BCUT2D eigenvalue weighted by atomic mass is 9.98. The van der Waals surface area contributed by atoms with Crippen molar-refractivity contribution in [3.8, 4) is 11.3 Å². The molecule has 0 aliphatic carbocycles. The number of aromatic nitrogens is 1. The van der Waals surface area contributed by atoms with E-state index in [9.17, 15) is 0 Å². The van der Waals surface area contributed by atoms with Gasteiger partial charge in [0.2, 0.25) is 5.13 Å². The van der Waals surface area contributed by atoms with E-state index in [1.165, 1.54) is 33.6 Å². The lowest BCUT2D eigenvalue weighted by Gasteiger charge is -2.08. The maximum absolute atomic E-state index is 5.43. The number of anilines is 1. The largest absolute Gasteiger partial charge is 0.460 e. The maximum atomic E-state index is 5.43. The predicted molar refractivity (Wildman–Crippen MR) is 96.4 cm³/mol. The molecule has 0 saturated heterocycles. The van der Waals surface area contributed by atoms with E-state index in [1.807, 2.05) is 19.1 Å². The van der Waals surface area contributed by atoms with E-state index >= 15 is 0 Å². The molecule has 0 aliphatic rings. The summed E-state index contributed by atoms with van der Waals surface area (Å²) in [7, 11) is 0. The third kappa shape index (κ3) is 3.51. The van der Waals surface area contributed by atoms with E-state index in [4.69, 9.17) is 4.42 Å². The van der Waals surface area contributed by atoms with Gasteiger partial charge in [-0.3, -0.25) is 5.43 Å². The molecule has 3 rings (SSSR count). The summed E-state index contributed by atoms with van der Waals surface area (Å²) in [4.78, 5) is 4.63. The summed E-state index contributed by atoms with van der Waals surface area (Å²) >= 11 is 1.54. The Kier molecular flexibility index (Phi) is 4.30. The van der Waals surface area contributed by atoms with Crippen LogP contribution < -0.4 is 5.43 Å². The van der Waals surface area contributed by atoms with Gasteiger partial charge >= 0.3 is 0 Å². The molecule has 1 N–H and O–H groups in total. The van der Waals surface area contributed by atoms with Gasteiger partial charge in [-0.05, 0) is 51.0 Å². The molecule has 0 unspecified atom stereocenters. The molecule has 0 saturated carbocycles. The van der Waals surface area contributed by atoms with Gasteiger partial charge in [0.1, 0.15) is 11.5 Å². The number of thiazole rings is 1. The number of aryl methyl sites for hydroxylation is 4. The van der Waals surface area contributed by atoms with E-state index in [2.05, 4.69) is 53.8 Å². The van der Waals surface area contributed by atoms with E-state index in [1.54, 1.807) is 6.21 Å². The highest BCUT2D eigenvalue weighted by Gasteiger charge is 2.10. The van der Waals surface area contributed by atoms with Gasteiger partial charge in [0.15, 0.2) is 0 Å². The van der Waals surface area contributed by atoms with Crippen molar-refractivity contribution in [2.45, 2.75) is 27.7 Å². The minimum atomic E-state index is 0.719. The van der Waals surface area contributed by atoms with Gasteiger partial charge in [0.25, 0.3) is 0 Å². The molecular formula is C18H19N3OS. The quantitative estimate of drug-likeness (QED) is 0.537. The topological polar surface area (TPSA) is 50.4 Å². The van der Waals surface area contributed by atoms with Crippen molar-refractivity contribution in [1.82, 2.24) is 4.98 Å². The number of nitrogens with one attached hydrogen (secondary N) is 1. The second kappa shape index (κ2) is 6.38. The highest BCUT2D eigenvalue weighted by molar-refractivity contribution is 7.14. The standard InChI is InChI=1S/C18H19N3OS/c1-11-7-12(2)17(13(3)8-11)16-10-23-18(20-16)21-19-9-15-6-5-14(4)22-15/h5-10H,1-4H3,(H,20,21)/b19-9-. The summed E-state index contributed by atoms with van der Waals surface area (Å²) in [6, 6.07) is 8.16. The first kappa shape index (κ1) is 15.5. The van der Waals surface area contributed by atoms with Crippen LogP contribution in [0.25, 0.3) is 11.3 Å². The smallest absolute Gasteiger partial charge is 0.203 e. The summed E-state index contributed by atoms with van der Waals surface area (Å²) in [5.74, 6) is 1.59. The molecule has 4 nitrogen and oxygen atoms in total. The monoisotopic (exact) mass is 325 g/mol. The maximum Gasteiger partial charge on any atom is 0.203 e. The van der Waals surface area contributed by atoms with Crippen LogP contribution in [0.15, 0.2) is 39.2 Å². The molecule has 0 fully saturated rings. The molecule has 3 aromatic rings. The minimum absolute atomic E-state index is 0.719. The fourth-order valence-electron chi connectivity index (χ4n) is 2.70. The Bertz CT molecular complexity index is 838. The Morgan fingerprint density at radius 3 is 2.52 bits per heavy atom. The lowest BCUT2D eigenvalue weighted by molar-refractivity contribution is 0.528. The SMILES string of the molecule is Cc1cc(C)c(-c2csc(N/N=C\c3ccc(C)o3)n2)c(C)c1. The van der Waals surface area contributed by atoms with E-state index in [0.29, 0.717) is 0 Å². The van der Waals surface area contributed by atoms with Crippen LogP contribution in [0, 0.1) is 27.7 Å². The summed E-state index contributed by atoms with van der Waals surface area (Å²) in [6.07, 6.45) is 1.65. The molecule has 0 atom stereocenters. The summed E-state index contributed by atoms with van der Waals surface area (Å²) in [6.45, 7) is 8.27. The lowest BCUT2D eigenvalue weighted by Crippen LogP contribution is -1.92. The van der Waals surface area contributed by atoms with Gasteiger partial charge in [0, 0.05) is 10.9 Å². The molecule has 23 heavy (non-hydrogen) atoms. The molecule has 2 heterocycles. The van der Waals surface area contributed by atoms with E-state index in [0.717, 1.165) is 22.3 Å². The van der Waals surface area contributed by atoms with Crippen molar-refractivity contribution in [2.24, 2.45) is 5.10 Å². The van der Waals surface area contributed by atoms with Crippen LogP contribution in [-0.4, -0.2) is 11.2 Å². The van der Waals surface area contributed by atoms with Gasteiger partial charge in [-0.2, -0.15) is 5.10 Å². The molecular weight excluding hydrogens is 306 g/mol. The summed E-state index contributed by atoms with van der Waals surface area (Å²) in [5, 5.41) is 6.99. The molecule has 0 radical (unpaired) electrons. The second-order valence-electron chi connectivity index (χ2n) is 5.63. The van der Waals surface area contributed by atoms with Gasteiger partial charge in [-0.15, -0.1) is 11.3 Å². The normalized spacial score (nSPS) is 11.3. The second-order valence-corrected chi connectivity index (χ2v) is 6.49. The Balaban J connectivity index is 1.77. The molecule has 2 aromatic heterocycles. The van der Waals surface area contributed by atoms with Crippen molar-refractivity contribution >= 4 is 22.7 Å². The first-order chi connectivity index (χ1) is 11.0. The fraction of sp³-hybridized carbons (Fsp3) is 0.222. The number of hydrogen-bond acceptors (Lipinski definition) is 5. The van der Waals surface area contributed by atoms with Gasteiger partial charge < -0.3 is 4.42 Å². The summed E-state index contributed by atoms with van der Waals surface area (Å²) in [5.41, 5.74) is 8.90. The van der Waals surface area contributed by atoms with Crippen molar-refractivity contribution in [2.75, 3.05) is 5.43 Å². The molecule has 1 aromatic carbocycles. The van der Waals surface area contributed by atoms with Gasteiger partial charge in [-0.1, -0.05) is 17.7 Å². The number of benzene rings is 1. The van der Waals surface area contributed by atoms with Crippen molar-refractivity contribution in [3.05, 3.63) is 57.9 Å². The third-order valence-corrected chi connectivity index (χ3v) is 4.30. The number of nitrogens with zero attached hydrogens (tertiary/aromatic N) is 2. The zero-order valence-corrected chi connectivity index (χ0v) is 14.5. The highest BCUT2D eigenvalue weighted by Crippen LogP contribution is 2.30. The number of furan rings is 1. The number of hydrazone groups is 1. The van der Waals surface area contributed by atoms with Crippen LogP contribution in [0.3, 0.4) is 0 Å². The summed E-state index contributed by atoms with van der Waals surface area (Å²) < 4.78 is 5.43. The molecule has 5 heteroatoms. The Morgan fingerprint density at radius 1 is 1.13 bits per heavy atom. The molecule has 0 bridgehead atoms. The number of rotatable bonds is 4. The van der Waals surface area contributed by atoms with Crippen LogP contribution in [0.4, 0.5) is 5.13 Å². The predicted octanol–water partition coefficient (Wildman–Crippen LogP) is 5.08. The molecule has 0 spiro atoms. The zero-order chi connectivity index (χ0) is 16.4. The average molecular weight is 325 g/mol. The minimum Gasteiger partial charge on any atom is -0.460 e. The van der Waals surface area contributed by atoms with Crippen molar-refractivity contribution < 1.29 is 4.42 Å². The van der Waals surface area contributed by atoms with Crippen LogP contribution in [-0.2, 0) is 0 Å².